The summed E-state index contributed by atoms with van der Waals surface area (Å²) in [5, 5.41) is 22.8. The number of aliphatic hydroxyl groups excluding tert-OH is 2. The van der Waals surface area contributed by atoms with E-state index in [1.807, 2.05) is 36.4 Å². The Balaban J connectivity index is 2.21. The lowest BCUT2D eigenvalue weighted by Gasteiger charge is -2.18. The van der Waals surface area contributed by atoms with E-state index in [0.717, 1.165) is 22.1 Å². The summed E-state index contributed by atoms with van der Waals surface area (Å²) < 4.78 is 5.20. The fourth-order valence-corrected chi connectivity index (χ4v) is 2.27. The van der Waals surface area contributed by atoms with Gasteiger partial charge < -0.3 is 20.3 Å². The highest BCUT2D eigenvalue weighted by Crippen LogP contribution is 2.25. The lowest BCUT2D eigenvalue weighted by molar-refractivity contribution is -0.123. The molecule has 1 amide bonds. The summed E-state index contributed by atoms with van der Waals surface area (Å²) in [6.07, 6.45) is 0. The van der Waals surface area contributed by atoms with Gasteiger partial charge in [0.2, 0.25) is 5.91 Å². The monoisotopic (exact) mass is 303 g/mol. The van der Waals surface area contributed by atoms with E-state index in [4.69, 9.17) is 14.9 Å². The number of benzene rings is 2. The summed E-state index contributed by atoms with van der Waals surface area (Å²) in [6.45, 7) is 1.23. The molecule has 0 aromatic heterocycles. The van der Waals surface area contributed by atoms with E-state index in [-0.39, 0.29) is 25.0 Å². The molecule has 2 aromatic carbocycles. The molecule has 5 nitrogen and oxygen atoms in total. The third-order valence-electron chi connectivity index (χ3n) is 3.75. The number of carbonyl (C=O) groups excluding carboxylic acids is 1. The molecule has 0 aliphatic rings. The number of ether oxygens (including phenoxy) is 1. The Morgan fingerprint density at radius 3 is 2.41 bits per heavy atom. The summed E-state index contributed by atoms with van der Waals surface area (Å²) in [4.78, 5) is 12.2. The Morgan fingerprint density at radius 1 is 1.14 bits per heavy atom. The van der Waals surface area contributed by atoms with Crippen LogP contribution in [0.3, 0.4) is 0 Å². The second kappa shape index (κ2) is 7.24. The van der Waals surface area contributed by atoms with Crippen molar-refractivity contribution in [1.29, 1.82) is 0 Å². The number of rotatable bonds is 6. The molecule has 0 aliphatic carbocycles. The van der Waals surface area contributed by atoms with E-state index in [1.54, 1.807) is 14.0 Å². The molecule has 0 saturated heterocycles. The van der Waals surface area contributed by atoms with Crippen LogP contribution in [0.5, 0.6) is 5.75 Å². The van der Waals surface area contributed by atoms with Crippen LogP contribution in [-0.4, -0.2) is 42.5 Å². The third kappa shape index (κ3) is 3.55. The van der Waals surface area contributed by atoms with Crippen molar-refractivity contribution in [1.82, 2.24) is 5.32 Å². The topological polar surface area (TPSA) is 78.8 Å². The standard InChI is InChI=1S/C17H21NO4/c1-11(17(21)18-15(9-19)10-20)12-3-4-14-8-16(22-2)6-5-13(14)7-12/h3-8,11,15,19-20H,9-10H2,1-2H3,(H,18,21)/t11-/m0/s1. The minimum atomic E-state index is -0.625. The van der Waals surface area contributed by atoms with Crippen molar-refractivity contribution in [2.45, 2.75) is 18.9 Å². The molecule has 0 fully saturated rings. The molecule has 0 aliphatic heterocycles. The van der Waals surface area contributed by atoms with Crippen LogP contribution in [0.1, 0.15) is 18.4 Å². The van der Waals surface area contributed by atoms with Crippen LogP contribution >= 0.6 is 0 Å². The molecule has 3 N–H and O–H groups in total. The maximum atomic E-state index is 12.2. The number of methoxy groups -OCH3 is 1. The first-order chi connectivity index (χ1) is 10.6. The van der Waals surface area contributed by atoms with Gasteiger partial charge in [0.1, 0.15) is 5.75 Å². The highest BCUT2D eigenvalue weighted by atomic mass is 16.5. The Bertz CT molecular complexity index is 652. The number of hydrogen-bond donors (Lipinski definition) is 3. The van der Waals surface area contributed by atoms with E-state index in [0.29, 0.717) is 0 Å². The van der Waals surface area contributed by atoms with Gasteiger partial charge in [-0.3, -0.25) is 4.79 Å². The molecule has 5 heteroatoms. The molecule has 2 aromatic rings. The maximum Gasteiger partial charge on any atom is 0.227 e. The van der Waals surface area contributed by atoms with Gasteiger partial charge in [-0.1, -0.05) is 24.3 Å². The second-order valence-electron chi connectivity index (χ2n) is 5.26. The van der Waals surface area contributed by atoms with Crippen molar-refractivity contribution in [2.24, 2.45) is 0 Å². The average Bonchev–Trinajstić information content (AvgIpc) is 2.57. The van der Waals surface area contributed by atoms with E-state index >= 15 is 0 Å². The largest absolute Gasteiger partial charge is 0.497 e. The molecule has 0 unspecified atom stereocenters. The number of fused-ring (bicyclic) bond motifs is 1. The van der Waals surface area contributed by atoms with Gasteiger partial charge in [0.25, 0.3) is 0 Å². The van der Waals surface area contributed by atoms with Crippen molar-refractivity contribution in [3.8, 4) is 5.75 Å². The molecule has 22 heavy (non-hydrogen) atoms. The maximum absolute atomic E-state index is 12.2. The Hall–Kier alpha value is -2.11. The molecular formula is C17H21NO4. The van der Waals surface area contributed by atoms with Gasteiger partial charge in [0.15, 0.2) is 0 Å². The van der Waals surface area contributed by atoms with E-state index in [2.05, 4.69) is 5.32 Å². The third-order valence-corrected chi connectivity index (χ3v) is 3.75. The minimum absolute atomic E-state index is 0.221. The summed E-state index contributed by atoms with van der Waals surface area (Å²) in [5.41, 5.74) is 0.879. The van der Waals surface area contributed by atoms with Gasteiger partial charge in [-0.05, 0) is 35.4 Å². The number of nitrogens with one attached hydrogen (secondary N) is 1. The number of carbonyl (C=O) groups is 1. The Morgan fingerprint density at radius 2 is 1.77 bits per heavy atom. The van der Waals surface area contributed by atoms with Crippen molar-refractivity contribution in [3.63, 3.8) is 0 Å². The zero-order chi connectivity index (χ0) is 16.1. The summed E-state index contributed by atoms with van der Waals surface area (Å²) in [7, 11) is 1.63. The number of amides is 1. The zero-order valence-corrected chi connectivity index (χ0v) is 12.7. The molecule has 1 atom stereocenters. The fourth-order valence-electron chi connectivity index (χ4n) is 2.27. The molecule has 0 heterocycles. The highest BCUT2D eigenvalue weighted by molar-refractivity contribution is 5.88. The molecule has 0 saturated carbocycles. The predicted octanol–water partition coefficient (Wildman–Crippen LogP) is 1.42. The average molecular weight is 303 g/mol. The second-order valence-corrected chi connectivity index (χ2v) is 5.26. The van der Waals surface area contributed by atoms with Gasteiger partial charge in [0.05, 0.1) is 32.3 Å². The molecule has 0 spiro atoms. The van der Waals surface area contributed by atoms with E-state index in [9.17, 15) is 4.79 Å². The highest BCUT2D eigenvalue weighted by Gasteiger charge is 2.18. The van der Waals surface area contributed by atoms with Crippen molar-refractivity contribution < 1.29 is 19.7 Å². The Kier molecular flexibility index (Phi) is 5.35. The molecule has 118 valence electrons. The van der Waals surface area contributed by atoms with Gasteiger partial charge in [0, 0.05) is 0 Å². The lowest BCUT2D eigenvalue weighted by Crippen LogP contribution is -2.42. The first-order valence-electron chi connectivity index (χ1n) is 7.18. The quantitative estimate of drug-likeness (QED) is 0.754. The fraction of sp³-hybridized carbons (Fsp3) is 0.353. The smallest absolute Gasteiger partial charge is 0.227 e. The first-order valence-corrected chi connectivity index (χ1v) is 7.18. The van der Waals surface area contributed by atoms with E-state index in [1.165, 1.54) is 0 Å². The van der Waals surface area contributed by atoms with Gasteiger partial charge in [-0.2, -0.15) is 0 Å². The molecule has 0 radical (unpaired) electrons. The summed E-state index contributed by atoms with van der Waals surface area (Å²) >= 11 is 0. The SMILES string of the molecule is COc1ccc2cc([C@H](C)C(=O)NC(CO)CO)ccc2c1. The number of aliphatic hydroxyl groups is 2. The minimum Gasteiger partial charge on any atom is -0.497 e. The lowest BCUT2D eigenvalue weighted by atomic mass is 9.96. The van der Waals surface area contributed by atoms with Gasteiger partial charge in [-0.15, -0.1) is 0 Å². The molecular weight excluding hydrogens is 282 g/mol. The Labute approximate surface area is 129 Å². The van der Waals surface area contributed by atoms with Crippen LogP contribution in [0.2, 0.25) is 0 Å². The van der Waals surface area contributed by atoms with Crippen molar-refractivity contribution in [2.75, 3.05) is 20.3 Å². The van der Waals surface area contributed by atoms with Gasteiger partial charge in [-0.25, -0.2) is 0 Å². The summed E-state index contributed by atoms with van der Waals surface area (Å²) in [6, 6.07) is 11.0. The van der Waals surface area contributed by atoms with Gasteiger partial charge >= 0.3 is 0 Å². The molecule has 2 rings (SSSR count). The summed E-state index contributed by atoms with van der Waals surface area (Å²) in [5.74, 6) is 0.202. The van der Waals surface area contributed by atoms with Crippen molar-refractivity contribution >= 4 is 16.7 Å². The van der Waals surface area contributed by atoms with Crippen LogP contribution in [0.25, 0.3) is 10.8 Å². The number of hydrogen-bond acceptors (Lipinski definition) is 4. The van der Waals surface area contributed by atoms with E-state index < -0.39 is 6.04 Å². The van der Waals surface area contributed by atoms with Crippen molar-refractivity contribution in [3.05, 3.63) is 42.0 Å². The normalized spacial score (nSPS) is 12.4. The predicted molar refractivity (Wildman–Crippen MR) is 85.0 cm³/mol. The van der Waals surface area contributed by atoms with Crippen LogP contribution in [0.15, 0.2) is 36.4 Å². The van der Waals surface area contributed by atoms with Crippen LogP contribution in [-0.2, 0) is 4.79 Å². The first kappa shape index (κ1) is 16.3. The van der Waals surface area contributed by atoms with Crippen LogP contribution in [0, 0.1) is 0 Å². The van der Waals surface area contributed by atoms with Crippen LogP contribution in [0.4, 0.5) is 0 Å². The van der Waals surface area contributed by atoms with Crippen LogP contribution < -0.4 is 10.1 Å². The molecule has 0 bridgehead atoms. The zero-order valence-electron chi connectivity index (χ0n) is 12.7.